The van der Waals surface area contributed by atoms with Crippen LogP contribution in [0.2, 0.25) is 0 Å². The number of halogens is 2. The number of nitrogens with zero attached hydrogens (tertiary/aromatic N) is 1. The van der Waals surface area contributed by atoms with Gasteiger partial charge in [0.25, 0.3) is 0 Å². The summed E-state index contributed by atoms with van der Waals surface area (Å²) in [5, 5.41) is 0. The topological polar surface area (TPSA) is 39.2 Å². The summed E-state index contributed by atoms with van der Waals surface area (Å²) in [7, 11) is 1.22. The number of methoxy groups -OCH3 is 1. The molecule has 0 aliphatic heterocycles. The molecule has 1 aromatic heterocycles. The van der Waals surface area contributed by atoms with Crippen LogP contribution in [-0.2, 0) is 4.74 Å². The van der Waals surface area contributed by atoms with Crippen molar-refractivity contribution in [3.63, 3.8) is 0 Å². The molecule has 0 spiro atoms. The molecule has 0 aliphatic rings. The zero-order chi connectivity index (χ0) is 9.14. The number of aromatic nitrogens is 1. The van der Waals surface area contributed by atoms with Crippen molar-refractivity contribution in [2.45, 2.75) is 0 Å². The highest BCUT2D eigenvalue weighted by Gasteiger charge is 2.08. The van der Waals surface area contributed by atoms with Crippen LogP contribution in [-0.4, -0.2) is 18.1 Å². The fourth-order valence-corrected chi connectivity index (χ4v) is 0.868. The van der Waals surface area contributed by atoms with E-state index >= 15 is 0 Å². The first-order valence-electron chi connectivity index (χ1n) is 3.04. The average Bonchev–Trinajstić information content (AvgIpc) is 2.08. The van der Waals surface area contributed by atoms with Crippen molar-refractivity contribution in [2.75, 3.05) is 7.11 Å². The van der Waals surface area contributed by atoms with E-state index in [-0.39, 0.29) is 10.2 Å². The van der Waals surface area contributed by atoms with E-state index in [9.17, 15) is 9.18 Å². The van der Waals surface area contributed by atoms with Crippen molar-refractivity contribution >= 4 is 21.9 Å². The maximum Gasteiger partial charge on any atom is 0.339 e. The standard InChI is InChI=1S/C7H5BrFNO2/c1-12-7(11)4-2-5(9)6(8)10-3-4/h2-3H,1H3. The number of rotatable bonds is 1. The molecule has 0 aromatic carbocycles. The van der Waals surface area contributed by atoms with E-state index in [0.29, 0.717) is 0 Å². The SMILES string of the molecule is COC(=O)c1cnc(Br)c(F)c1. The van der Waals surface area contributed by atoms with Gasteiger partial charge >= 0.3 is 5.97 Å². The molecule has 64 valence electrons. The van der Waals surface area contributed by atoms with Crippen LogP contribution < -0.4 is 0 Å². The maximum absolute atomic E-state index is 12.8. The number of carbonyl (C=O) groups excluding carboxylic acids is 1. The highest BCUT2D eigenvalue weighted by Crippen LogP contribution is 2.13. The van der Waals surface area contributed by atoms with Gasteiger partial charge in [0.05, 0.1) is 12.7 Å². The van der Waals surface area contributed by atoms with Gasteiger partial charge in [-0.25, -0.2) is 14.2 Å². The van der Waals surface area contributed by atoms with E-state index in [0.717, 1.165) is 6.07 Å². The number of esters is 1. The molecular formula is C7H5BrFNO2. The molecule has 12 heavy (non-hydrogen) atoms. The number of hydrogen-bond donors (Lipinski definition) is 0. The van der Waals surface area contributed by atoms with E-state index in [1.54, 1.807) is 0 Å². The van der Waals surface area contributed by atoms with E-state index in [1.165, 1.54) is 13.3 Å². The van der Waals surface area contributed by atoms with Crippen LogP contribution in [0.25, 0.3) is 0 Å². The number of carbonyl (C=O) groups is 1. The third-order valence-corrected chi connectivity index (χ3v) is 1.80. The normalized spacial score (nSPS) is 9.58. The van der Waals surface area contributed by atoms with Gasteiger partial charge in [-0.1, -0.05) is 0 Å². The van der Waals surface area contributed by atoms with Gasteiger partial charge in [0, 0.05) is 6.20 Å². The lowest BCUT2D eigenvalue weighted by atomic mass is 10.3. The molecule has 0 amide bonds. The molecule has 1 rings (SSSR count). The summed E-state index contributed by atoms with van der Waals surface area (Å²) in [5.41, 5.74) is 0.0956. The molecule has 0 saturated carbocycles. The monoisotopic (exact) mass is 233 g/mol. The maximum atomic E-state index is 12.8. The largest absolute Gasteiger partial charge is 0.465 e. The van der Waals surface area contributed by atoms with Gasteiger partial charge in [0.2, 0.25) is 0 Å². The van der Waals surface area contributed by atoms with Gasteiger partial charge in [0.1, 0.15) is 4.60 Å². The molecule has 0 aliphatic carbocycles. The Bertz CT molecular complexity index is 316. The molecule has 3 nitrogen and oxygen atoms in total. The summed E-state index contributed by atoms with van der Waals surface area (Å²) >= 11 is 2.86. The minimum atomic E-state index is -0.603. The molecule has 0 fully saturated rings. The summed E-state index contributed by atoms with van der Waals surface area (Å²) in [4.78, 5) is 14.4. The minimum Gasteiger partial charge on any atom is -0.465 e. The summed E-state index contributed by atoms with van der Waals surface area (Å²) in [6.45, 7) is 0. The minimum absolute atomic E-state index is 0.0788. The van der Waals surface area contributed by atoms with Crippen molar-refractivity contribution in [1.82, 2.24) is 4.98 Å². The molecule has 0 saturated heterocycles. The Balaban J connectivity index is 3.05. The average molecular weight is 234 g/mol. The number of ether oxygens (including phenoxy) is 1. The number of hydrogen-bond acceptors (Lipinski definition) is 3. The quantitative estimate of drug-likeness (QED) is 0.549. The van der Waals surface area contributed by atoms with E-state index < -0.39 is 11.8 Å². The lowest BCUT2D eigenvalue weighted by Crippen LogP contribution is -2.02. The van der Waals surface area contributed by atoms with Crippen LogP contribution >= 0.6 is 15.9 Å². The highest BCUT2D eigenvalue weighted by atomic mass is 79.9. The van der Waals surface area contributed by atoms with Gasteiger partial charge < -0.3 is 4.74 Å². The van der Waals surface area contributed by atoms with Crippen LogP contribution in [0, 0.1) is 5.82 Å². The van der Waals surface area contributed by atoms with E-state index in [1.807, 2.05) is 0 Å². The van der Waals surface area contributed by atoms with Crippen molar-refractivity contribution < 1.29 is 13.9 Å². The summed E-state index contributed by atoms with van der Waals surface area (Å²) in [5.74, 6) is -1.19. The zero-order valence-electron chi connectivity index (χ0n) is 6.17. The van der Waals surface area contributed by atoms with Crippen LogP contribution in [0.15, 0.2) is 16.9 Å². The van der Waals surface area contributed by atoms with Crippen LogP contribution in [0.5, 0.6) is 0 Å². The summed E-state index contributed by atoms with van der Waals surface area (Å²) in [6.07, 6.45) is 1.24. The predicted molar refractivity (Wildman–Crippen MR) is 43.2 cm³/mol. The Morgan fingerprint density at radius 2 is 2.42 bits per heavy atom. The first-order valence-corrected chi connectivity index (χ1v) is 3.84. The van der Waals surface area contributed by atoms with Crippen molar-refractivity contribution in [1.29, 1.82) is 0 Å². The molecule has 0 unspecified atom stereocenters. The number of pyridine rings is 1. The van der Waals surface area contributed by atoms with E-state index in [4.69, 9.17) is 0 Å². The first-order chi connectivity index (χ1) is 5.65. The zero-order valence-corrected chi connectivity index (χ0v) is 7.76. The van der Waals surface area contributed by atoms with E-state index in [2.05, 4.69) is 25.7 Å². The van der Waals surface area contributed by atoms with Gasteiger partial charge in [-0.15, -0.1) is 0 Å². The van der Waals surface area contributed by atoms with Crippen molar-refractivity contribution in [3.8, 4) is 0 Å². The fourth-order valence-electron chi connectivity index (χ4n) is 0.651. The lowest BCUT2D eigenvalue weighted by Gasteiger charge is -1.98. The Labute approximate surface area is 76.7 Å². The Morgan fingerprint density at radius 1 is 1.75 bits per heavy atom. The van der Waals surface area contributed by atoms with Crippen molar-refractivity contribution in [3.05, 3.63) is 28.2 Å². The van der Waals surface area contributed by atoms with Gasteiger partial charge in [-0.3, -0.25) is 0 Å². The Kier molecular flexibility index (Phi) is 2.75. The molecule has 1 aromatic rings. The van der Waals surface area contributed by atoms with Gasteiger partial charge in [-0.2, -0.15) is 0 Å². The first kappa shape index (κ1) is 9.12. The van der Waals surface area contributed by atoms with Crippen molar-refractivity contribution in [2.24, 2.45) is 0 Å². The van der Waals surface area contributed by atoms with Crippen LogP contribution in [0.1, 0.15) is 10.4 Å². The van der Waals surface area contributed by atoms with Crippen LogP contribution in [0.3, 0.4) is 0 Å². The molecule has 0 N–H and O–H groups in total. The fraction of sp³-hybridized carbons (Fsp3) is 0.143. The molecule has 0 atom stereocenters. The summed E-state index contributed by atoms with van der Waals surface area (Å²) in [6, 6.07) is 1.06. The molecule has 5 heteroatoms. The third kappa shape index (κ3) is 1.79. The van der Waals surface area contributed by atoms with Gasteiger partial charge in [0.15, 0.2) is 5.82 Å². The second kappa shape index (κ2) is 3.62. The van der Waals surface area contributed by atoms with Crippen LogP contribution in [0.4, 0.5) is 4.39 Å². The highest BCUT2D eigenvalue weighted by molar-refractivity contribution is 9.10. The lowest BCUT2D eigenvalue weighted by molar-refractivity contribution is 0.0599. The predicted octanol–water partition coefficient (Wildman–Crippen LogP) is 1.77. The molecule has 1 heterocycles. The Morgan fingerprint density at radius 3 is 2.92 bits per heavy atom. The summed E-state index contributed by atoms with van der Waals surface area (Å²) < 4.78 is 17.2. The molecule has 0 bridgehead atoms. The Hall–Kier alpha value is -0.970. The molecular weight excluding hydrogens is 229 g/mol. The second-order valence-corrected chi connectivity index (χ2v) is 2.74. The third-order valence-electron chi connectivity index (χ3n) is 1.22. The molecule has 0 radical (unpaired) electrons. The second-order valence-electron chi connectivity index (χ2n) is 1.99. The van der Waals surface area contributed by atoms with Gasteiger partial charge in [-0.05, 0) is 22.0 Å². The smallest absolute Gasteiger partial charge is 0.339 e.